The molecule has 2 N–H and O–H groups in total. The third-order valence-electron chi connectivity index (χ3n) is 6.91. The van der Waals surface area contributed by atoms with Gasteiger partial charge in [0.25, 0.3) is 0 Å². The first-order valence-electron chi connectivity index (χ1n) is 11.0. The first-order chi connectivity index (χ1) is 15.0. The standard InChI is InChI=1S/C24H27FN2O3S/c25-20-8-4-5-9-23(20)31(29,30)27-13-12-18-22(15-28)26-21-11-10-17(14-19(21)24(18)27)16-6-2-1-3-7-16/h4-6,8-11,14,18,22,24,26,28H,1-3,7,12-13,15H2/t18-,22+,24-/m1/s1. The molecule has 0 radical (unpaired) electrons. The van der Waals surface area contributed by atoms with Gasteiger partial charge in [-0.15, -0.1) is 0 Å². The van der Waals surface area contributed by atoms with Crippen molar-refractivity contribution < 1.29 is 17.9 Å². The van der Waals surface area contributed by atoms with E-state index in [0.717, 1.165) is 36.1 Å². The van der Waals surface area contributed by atoms with Gasteiger partial charge in [0.2, 0.25) is 10.0 Å². The maximum Gasteiger partial charge on any atom is 0.246 e. The van der Waals surface area contributed by atoms with E-state index < -0.39 is 21.9 Å². The highest BCUT2D eigenvalue weighted by Gasteiger charge is 2.49. The summed E-state index contributed by atoms with van der Waals surface area (Å²) in [5, 5.41) is 13.4. The van der Waals surface area contributed by atoms with Gasteiger partial charge in [0.15, 0.2) is 0 Å². The summed E-state index contributed by atoms with van der Waals surface area (Å²) in [6.07, 6.45) is 7.34. The number of fused-ring (bicyclic) bond motifs is 3. The van der Waals surface area contributed by atoms with Crippen molar-refractivity contribution in [2.75, 3.05) is 18.5 Å². The number of hydrogen-bond acceptors (Lipinski definition) is 4. The fraction of sp³-hybridized carbons (Fsp3) is 0.417. The third kappa shape index (κ3) is 3.49. The fourth-order valence-electron chi connectivity index (χ4n) is 5.37. The van der Waals surface area contributed by atoms with Gasteiger partial charge in [0.1, 0.15) is 10.7 Å². The summed E-state index contributed by atoms with van der Waals surface area (Å²) < 4.78 is 42.9. The summed E-state index contributed by atoms with van der Waals surface area (Å²) in [6, 6.07) is 11.0. The van der Waals surface area contributed by atoms with Crippen LogP contribution >= 0.6 is 0 Å². The molecule has 3 aliphatic rings. The molecule has 5 rings (SSSR count). The van der Waals surface area contributed by atoms with Gasteiger partial charge in [-0.1, -0.05) is 24.3 Å². The summed E-state index contributed by atoms with van der Waals surface area (Å²) >= 11 is 0. The molecule has 1 aliphatic carbocycles. The van der Waals surface area contributed by atoms with Crippen LogP contribution in [-0.2, 0) is 10.0 Å². The second-order valence-electron chi connectivity index (χ2n) is 8.65. The molecule has 0 aromatic heterocycles. The van der Waals surface area contributed by atoms with Crippen LogP contribution < -0.4 is 5.32 Å². The number of benzene rings is 2. The third-order valence-corrected chi connectivity index (χ3v) is 8.82. The SMILES string of the molecule is O=S(=O)(c1ccccc1F)N1CC[C@@H]2[C@H](CO)Nc3ccc(C4=CCCCC4)cc3[C@@H]21. The number of anilines is 1. The molecule has 0 unspecified atom stereocenters. The Kier molecular flexibility index (Phi) is 5.36. The van der Waals surface area contributed by atoms with Crippen molar-refractivity contribution in [2.45, 2.75) is 49.1 Å². The molecule has 0 bridgehead atoms. The van der Waals surface area contributed by atoms with E-state index in [0.29, 0.717) is 13.0 Å². The van der Waals surface area contributed by atoms with Gasteiger partial charge >= 0.3 is 0 Å². The Bertz CT molecular complexity index is 1130. The molecule has 2 aromatic rings. The lowest BCUT2D eigenvalue weighted by Crippen LogP contribution is -2.43. The Morgan fingerprint density at radius 1 is 1.16 bits per heavy atom. The van der Waals surface area contributed by atoms with Gasteiger partial charge in [0.05, 0.1) is 18.7 Å². The number of sulfonamides is 1. The van der Waals surface area contributed by atoms with Crippen LogP contribution in [0.15, 0.2) is 53.4 Å². The summed E-state index contributed by atoms with van der Waals surface area (Å²) in [7, 11) is -4.02. The Morgan fingerprint density at radius 2 is 2.00 bits per heavy atom. The minimum absolute atomic E-state index is 0.0744. The van der Waals surface area contributed by atoms with Crippen LogP contribution in [0.1, 0.15) is 49.3 Å². The van der Waals surface area contributed by atoms with Crippen molar-refractivity contribution in [3.05, 3.63) is 65.5 Å². The van der Waals surface area contributed by atoms with E-state index in [1.54, 1.807) is 6.07 Å². The molecule has 7 heteroatoms. The van der Waals surface area contributed by atoms with Crippen molar-refractivity contribution in [3.8, 4) is 0 Å². The van der Waals surface area contributed by atoms with Gasteiger partial charge in [-0.25, -0.2) is 12.8 Å². The molecular formula is C24H27FN2O3S. The highest BCUT2D eigenvalue weighted by Crippen LogP contribution is 2.49. The summed E-state index contributed by atoms with van der Waals surface area (Å²) in [4.78, 5) is -0.289. The molecule has 5 nitrogen and oxygen atoms in total. The Hall–Kier alpha value is -2.22. The monoisotopic (exact) mass is 442 g/mol. The molecule has 164 valence electrons. The van der Waals surface area contributed by atoms with Crippen LogP contribution in [0, 0.1) is 11.7 Å². The Balaban J connectivity index is 1.61. The summed E-state index contributed by atoms with van der Waals surface area (Å²) in [5.41, 5.74) is 4.18. The summed E-state index contributed by atoms with van der Waals surface area (Å²) in [5.74, 6) is -0.811. The van der Waals surface area contributed by atoms with Crippen LogP contribution in [0.2, 0.25) is 0 Å². The molecule has 0 saturated carbocycles. The molecule has 1 fully saturated rings. The number of hydrogen-bond donors (Lipinski definition) is 2. The largest absolute Gasteiger partial charge is 0.394 e. The minimum atomic E-state index is -4.02. The predicted octanol–water partition coefficient (Wildman–Crippen LogP) is 4.32. The Labute approximate surface area is 182 Å². The molecule has 2 heterocycles. The molecule has 0 spiro atoms. The minimum Gasteiger partial charge on any atom is -0.394 e. The molecule has 0 amide bonds. The lowest BCUT2D eigenvalue weighted by Gasteiger charge is -2.39. The highest BCUT2D eigenvalue weighted by atomic mass is 32.2. The van der Waals surface area contributed by atoms with Crippen LogP contribution in [0.3, 0.4) is 0 Å². The first-order valence-corrected chi connectivity index (χ1v) is 12.4. The fourth-order valence-corrected chi connectivity index (χ4v) is 7.10. The number of allylic oxidation sites excluding steroid dienone is 2. The van der Waals surface area contributed by atoms with Gasteiger partial charge in [-0.05, 0) is 73.1 Å². The maximum absolute atomic E-state index is 14.4. The molecule has 1 saturated heterocycles. The van der Waals surface area contributed by atoms with Crippen LogP contribution in [-0.4, -0.2) is 37.0 Å². The average molecular weight is 443 g/mol. The van der Waals surface area contributed by atoms with E-state index in [9.17, 15) is 17.9 Å². The van der Waals surface area contributed by atoms with Crippen LogP contribution in [0.5, 0.6) is 0 Å². The smallest absolute Gasteiger partial charge is 0.246 e. The number of rotatable bonds is 4. The highest BCUT2D eigenvalue weighted by molar-refractivity contribution is 7.89. The van der Waals surface area contributed by atoms with Gasteiger partial charge in [-0.2, -0.15) is 4.31 Å². The van der Waals surface area contributed by atoms with E-state index in [-0.39, 0.29) is 23.5 Å². The van der Waals surface area contributed by atoms with Crippen LogP contribution in [0.4, 0.5) is 10.1 Å². The number of aliphatic hydroxyl groups excluding tert-OH is 1. The quantitative estimate of drug-likeness (QED) is 0.740. The predicted molar refractivity (Wildman–Crippen MR) is 119 cm³/mol. The van der Waals surface area contributed by atoms with Crippen molar-refractivity contribution in [1.29, 1.82) is 0 Å². The molecule has 2 aromatic carbocycles. The normalized spacial score (nSPS) is 26.0. The van der Waals surface area contributed by atoms with E-state index in [1.807, 2.05) is 6.07 Å². The van der Waals surface area contributed by atoms with Gasteiger partial charge in [-0.3, -0.25) is 0 Å². The molecule has 2 aliphatic heterocycles. The molecule has 3 atom stereocenters. The number of nitrogens with zero attached hydrogens (tertiary/aromatic N) is 1. The van der Waals surface area contributed by atoms with Crippen molar-refractivity contribution in [2.24, 2.45) is 5.92 Å². The van der Waals surface area contributed by atoms with Crippen molar-refractivity contribution >= 4 is 21.3 Å². The van der Waals surface area contributed by atoms with Crippen molar-refractivity contribution in [3.63, 3.8) is 0 Å². The van der Waals surface area contributed by atoms with E-state index in [2.05, 4.69) is 23.5 Å². The van der Waals surface area contributed by atoms with E-state index in [4.69, 9.17) is 0 Å². The van der Waals surface area contributed by atoms with Crippen LogP contribution in [0.25, 0.3) is 5.57 Å². The van der Waals surface area contributed by atoms with Crippen molar-refractivity contribution in [1.82, 2.24) is 4.31 Å². The number of nitrogens with one attached hydrogen (secondary N) is 1. The summed E-state index contributed by atoms with van der Waals surface area (Å²) in [6.45, 7) is 0.220. The molecular weight excluding hydrogens is 415 g/mol. The zero-order chi connectivity index (χ0) is 21.6. The topological polar surface area (TPSA) is 69.6 Å². The second-order valence-corrected chi connectivity index (χ2v) is 10.5. The molecule has 31 heavy (non-hydrogen) atoms. The van der Waals surface area contributed by atoms with E-state index >= 15 is 0 Å². The zero-order valence-corrected chi connectivity index (χ0v) is 18.1. The van der Waals surface area contributed by atoms with Gasteiger partial charge < -0.3 is 10.4 Å². The lowest BCUT2D eigenvalue weighted by atomic mass is 9.82. The van der Waals surface area contributed by atoms with E-state index in [1.165, 1.54) is 34.5 Å². The Morgan fingerprint density at radius 3 is 2.74 bits per heavy atom. The van der Waals surface area contributed by atoms with Gasteiger partial charge in [0, 0.05) is 18.2 Å². The zero-order valence-electron chi connectivity index (χ0n) is 17.3. The maximum atomic E-state index is 14.4. The number of halogens is 1. The second kappa shape index (κ2) is 8.04. The number of aliphatic hydroxyl groups is 1. The average Bonchev–Trinajstić information content (AvgIpc) is 3.25. The first kappa shape index (κ1) is 20.7. The lowest BCUT2D eigenvalue weighted by molar-refractivity contribution is 0.210.